The lowest BCUT2D eigenvalue weighted by Crippen LogP contribution is -2.36. The van der Waals surface area contributed by atoms with Gasteiger partial charge >= 0.3 is 0 Å². The van der Waals surface area contributed by atoms with E-state index in [1.165, 1.54) is 0 Å². The highest BCUT2D eigenvalue weighted by Crippen LogP contribution is 2.23. The summed E-state index contributed by atoms with van der Waals surface area (Å²) >= 11 is 5.95. The molecule has 1 aliphatic heterocycles. The third-order valence-electron chi connectivity index (χ3n) is 4.91. The maximum atomic E-state index is 12.7. The highest BCUT2D eigenvalue weighted by Gasteiger charge is 2.29. The highest BCUT2D eigenvalue weighted by atomic mass is 35.5. The van der Waals surface area contributed by atoms with E-state index < -0.39 is 0 Å². The molecule has 0 aliphatic carbocycles. The van der Waals surface area contributed by atoms with Crippen molar-refractivity contribution in [2.45, 2.75) is 19.1 Å². The third-order valence-corrected chi connectivity index (χ3v) is 5.17. The molecule has 0 saturated carbocycles. The number of methoxy groups -OCH3 is 1. The first-order valence-electron chi connectivity index (χ1n) is 9.44. The Balaban J connectivity index is 1.47. The summed E-state index contributed by atoms with van der Waals surface area (Å²) in [6.07, 6.45) is 3.41. The summed E-state index contributed by atoms with van der Waals surface area (Å²) in [6.45, 7) is 0.725. The molecule has 6 nitrogen and oxygen atoms in total. The van der Waals surface area contributed by atoms with Crippen LogP contribution in [0.15, 0.2) is 60.8 Å². The van der Waals surface area contributed by atoms with E-state index in [0.29, 0.717) is 16.5 Å². The summed E-state index contributed by atoms with van der Waals surface area (Å²) in [4.78, 5) is 23.3. The minimum Gasteiger partial charge on any atom is -0.362 e. The van der Waals surface area contributed by atoms with Gasteiger partial charge in [0.2, 0.25) is 5.95 Å². The molecule has 4 rings (SSSR count). The summed E-state index contributed by atoms with van der Waals surface area (Å²) in [5, 5.41) is 3.87. The van der Waals surface area contributed by atoms with E-state index >= 15 is 0 Å². The van der Waals surface area contributed by atoms with Crippen LogP contribution >= 0.6 is 11.6 Å². The number of rotatable bonds is 5. The molecule has 1 aliphatic rings. The third kappa shape index (κ3) is 4.39. The van der Waals surface area contributed by atoms with Crippen molar-refractivity contribution in [3.05, 3.63) is 71.4 Å². The Bertz CT molecular complexity index is 992. The summed E-state index contributed by atoms with van der Waals surface area (Å²) < 4.78 is 5.39. The summed E-state index contributed by atoms with van der Waals surface area (Å²) in [6, 6.07) is 16.6. The molecule has 1 saturated heterocycles. The van der Waals surface area contributed by atoms with Gasteiger partial charge in [-0.1, -0.05) is 23.7 Å². The lowest BCUT2D eigenvalue weighted by molar-refractivity contribution is 0.00166. The number of nitrogens with one attached hydrogen (secondary N) is 1. The average molecular weight is 409 g/mol. The SMILES string of the molecule is COC1CCCN1C(=O)c1ccc(Nc2nccc(-c3ccc(Cl)cc3)n2)cc1. The van der Waals surface area contributed by atoms with Crippen LogP contribution in [0.25, 0.3) is 11.3 Å². The number of halogens is 1. The van der Waals surface area contributed by atoms with Crippen molar-refractivity contribution in [2.75, 3.05) is 19.0 Å². The van der Waals surface area contributed by atoms with Crippen molar-refractivity contribution in [1.29, 1.82) is 0 Å². The Morgan fingerprint density at radius 2 is 1.90 bits per heavy atom. The van der Waals surface area contributed by atoms with Gasteiger partial charge < -0.3 is 15.0 Å². The fourth-order valence-electron chi connectivity index (χ4n) is 3.40. The largest absolute Gasteiger partial charge is 0.362 e. The minimum atomic E-state index is -0.135. The van der Waals surface area contributed by atoms with E-state index in [0.717, 1.165) is 36.3 Å². The summed E-state index contributed by atoms with van der Waals surface area (Å²) in [7, 11) is 1.64. The topological polar surface area (TPSA) is 67.3 Å². The van der Waals surface area contributed by atoms with Crippen LogP contribution in [0.1, 0.15) is 23.2 Å². The van der Waals surface area contributed by atoms with Crippen molar-refractivity contribution in [3.8, 4) is 11.3 Å². The standard InChI is InChI=1S/C22H21ClN4O2/c1-29-20-3-2-14-27(20)21(28)16-6-10-18(11-7-16)25-22-24-13-12-19(26-22)15-4-8-17(23)9-5-15/h4-13,20H,2-3,14H2,1H3,(H,24,25,26). The molecule has 1 aromatic heterocycles. The smallest absolute Gasteiger partial charge is 0.255 e. The Kier molecular flexibility index (Phi) is 5.74. The Morgan fingerprint density at radius 1 is 1.14 bits per heavy atom. The van der Waals surface area contributed by atoms with Crippen LogP contribution in [-0.4, -0.2) is 40.7 Å². The molecule has 148 valence electrons. The molecule has 0 radical (unpaired) electrons. The molecule has 0 spiro atoms. The molecule has 1 N–H and O–H groups in total. The molecule has 1 unspecified atom stereocenters. The summed E-state index contributed by atoms with van der Waals surface area (Å²) in [5.41, 5.74) is 3.19. The van der Waals surface area contributed by atoms with Gasteiger partial charge in [0.25, 0.3) is 5.91 Å². The average Bonchev–Trinajstić information content (AvgIpc) is 3.23. The monoisotopic (exact) mass is 408 g/mol. The fourth-order valence-corrected chi connectivity index (χ4v) is 3.53. The fraction of sp³-hybridized carbons (Fsp3) is 0.227. The highest BCUT2D eigenvalue weighted by molar-refractivity contribution is 6.30. The lowest BCUT2D eigenvalue weighted by Gasteiger charge is -2.23. The molecular weight excluding hydrogens is 388 g/mol. The second-order valence-electron chi connectivity index (χ2n) is 6.81. The van der Waals surface area contributed by atoms with Crippen LogP contribution in [0.2, 0.25) is 5.02 Å². The predicted octanol–water partition coefficient (Wildman–Crippen LogP) is 4.75. The number of hydrogen-bond donors (Lipinski definition) is 1. The molecule has 1 fully saturated rings. The molecule has 3 aromatic rings. The van der Waals surface area contributed by atoms with Crippen molar-refractivity contribution >= 4 is 29.1 Å². The van der Waals surface area contributed by atoms with Gasteiger partial charge in [-0.3, -0.25) is 4.79 Å². The number of carbonyl (C=O) groups excluding carboxylic acids is 1. The van der Waals surface area contributed by atoms with Gasteiger partial charge in [0, 0.05) is 41.7 Å². The zero-order chi connectivity index (χ0) is 20.2. The molecule has 0 bridgehead atoms. The zero-order valence-electron chi connectivity index (χ0n) is 16.0. The second-order valence-corrected chi connectivity index (χ2v) is 7.24. The van der Waals surface area contributed by atoms with Crippen LogP contribution in [0.4, 0.5) is 11.6 Å². The Labute approximate surface area is 174 Å². The second kappa shape index (κ2) is 8.59. The zero-order valence-corrected chi connectivity index (χ0v) is 16.8. The van der Waals surface area contributed by atoms with Crippen LogP contribution in [0.5, 0.6) is 0 Å². The van der Waals surface area contributed by atoms with Crippen LogP contribution in [-0.2, 0) is 4.74 Å². The maximum Gasteiger partial charge on any atom is 0.255 e. The Hall–Kier alpha value is -2.96. The number of ether oxygens (including phenoxy) is 1. The van der Waals surface area contributed by atoms with E-state index in [-0.39, 0.29) is 12.1 Å². The molecule has 2 heterocycles. The Morgan fingerprint density at radius 3 is 2.62 bits per heavy atom. The van der Waals surface area contributed by atoms with E-state index in [1.54, 1.807) is 30.3 Å². The van der Waals surface area contributed by atoms with Crippen molar-refractivity contribution in [2.24, 2.45) is 0 Å². The van der Waals surface area contributed by atoms with Gasteiger partial charge in [-0.05, 0) is 55.3 Å². The molecule has 1 atom stereocenters. The van der Waals surface area contributed by atoms with Crippen LogP contribution in [0, 0.1) is 0 Å². The number of nitrogens with zero attached hydrogens (tertiary/aromatic N) is 3. The molecule has 1 amide bonds. The number of amides is 1. The number of hydrogen-bond acceptors (Lipinski definition) is 5. The van der Waals surface area contributed by atoms with Gasteiger partial charge in [-0.15, -0.1) is 0 Å². The van der Waals surface area contributed by atoms with E-state index in [2.05, 4.69) is 15.3 Å². The quantitative estimate of drug-likeness (QED) is 0.659. The lowest BCUT2D eigenvalue weighted by atomic mass is 10.1. The summed E-state index contributed by atoms with van der Waals surface area (Å²) in [5.74, 6) is 0.470. The van der Waals surface area contributed by atoms with Crippen LogP contribution < -0.4 is 5.32 Å². The van der Waals surface area contributed by atoms with E-state index in [1.807, 2.05) is 42.5 Å². The number of likely N-dealkylation sites (tertiary alicyclic amines) is 1. The number of benzene rings is 2. The number of carbonyl (C=O) groups is 1. The normalized spacial score (nSPS) is 16.1. The number of anilines is 2. The number of aromatic nitrogens is 2. The van der Waals surface area contributed by atoms with Crippen molar-refractivity contribution < 1.29 is 9.53 Å². The predicted molar refractivity (Wildman–Crippen MR) is 113 cm³/mol. The van der Waals surface area contributed by atoms with Gasteiger partial charge in [0.1, 0.15) is 6.23 Å². The van der Waals surface area contributed by atoms with E-state index in [9.17, 15) is 4.79 Å². The van der Waals surface area contributed by atoms with Gasteiger partial charge in [0.05, 0.1) is 5.69 Å². The molecule has 7 heteroatoms. The van der Waals surface area contributed by atoms with Crippen LogP contribution in [0.3, 0.4) is 0 Å². The van der Waals surface area contributed by atoms with Gasteiger partial charge in [-0.25, -0.2) is 9.97 Å². The van der Waals surface area contributed by atoms with E-state index in [4.69, 9.17) is 16.3 Å². The minimum absolute atomic E-state index is 0.0121. The van der Waals surface area contributed by atoms with Crippen molar-refractivity contribution in [3.63, 3.8) is 0 Å². The first-order chi connectivity index (χ1) is 14.1. The van der Waals surface area contributed by atoms with Crippen molar-refractivity contribution in [1.82, 2.24) is 14.9 Å². The van der Waals surface area contributed by atoms with Gasteiger partial charge in [0.15, 0.2) is 0 Å². The maximum absolute atomic E-state index is 12.7. The first-order valence-corrected chi connectivity index (χ1v) is 9.82. The van der Waals surface area contributed by atoms with Gasteiger partial charge in [-0.2, -0.15) is 0 Å². The first kappa shape index (κ1) is 19.4. The molecule has 29 heavy (non-hydrogen) atoms. The molecular formula is C22H21ClN4O2. The molecule has 2 aromatic carbocycles.